The predicted molar refractivity (Wildman–Crippen MR) is 93.6 cm³/mol. The quantitative estimate of drug-likeness (QED) is 0.741. The summed E-state index contributed by atoms with van der Waals surface area (Å²) < 4.78 is 21.1. The van der Waals surface area contributed by atoms with Gasteiger partial charge in [0.1, 0.15) is 18.2 Å². The highest BCUT2D eigenvalue weighted by Gasteiger charge is 2.09. The van der Waals surface area contributed by atoms with Crippen LogP contribution in [0.25, 0.3) is 10.9 Å². The highest BCUT2D eigenvalue weighted by molar-refractivity contribution is 5.86. The third-order valence-electron chi connectivity index (χ3n) is 4.03. The van der Waals surface area contributed by atoms with Crippen LogP contribution in [0.4, 0.5) is 9.18 Å². The van der Waals surface area contributed by atoms with Gasteiger partial charge in [0.25, 0.3) is 0 Å². The summed E-state index contributed by atoms with van der Waals surface area (Å²) in [6, 6.07) is 14.2. The van der Waals surface area contributed by atoms with Crippen LogP contribution in [0, 0.1) is 5.82 Å². The van der Waals surface area contributed by atoms with Crippen LogP contribution in [0.15, 0.2) is 54.7 Å². The molecule has 0 bridgehead atoms. The standard InChI is InChI=1S/C19H19FN2O3/c1-21(19(23)24)10-11-25-18-7-3-6-17-16(18)8-9-22(17)13-14-4-2-5-15(20)12-14/h2-9,12H,10-11,13H2,1H3,(H,23,24). The molecule has 130 valence electrons. The Hall–Kier alpha value is -3.02. The van der Waals surface area contributed by atoms with Crippen LogP contribution in [0.5, 0.6) is 5.75 Å². The van der Waals surface area contributed by atoms with E-state index in [2.05, 4.69) is 0 Å². The number of halogens is 1. The van der Waals surface area contributed by atoms with Crippen molar-refractivity contribution in [1.29, 1.82) is 0 Å². The van der Waals surface area contributed by atoms with Crippen molar-refractivity contribution in [2.75, 3.05) is 20.2 Å². The Morgan fingerprint density at radius 3 is 2.80 bits per heavy atom. The van der Waals surface area contributed by atoms with E-state index in [0.717, 1.165) is 16.5 Å². The van der Waals surface area contributed by atoms with Crippen molar-refractivity contribution < 1.29 is 19.0 Å². The Bertz CT molecular complexity index is 891. The molecule has 3 rings (SSSR count). The van der Waals surface area contributed by atoms with E-state index in [4.69, 9.17) is 9.84 Å². The summed E-state index contributed by atoms with van der Waals surface area (Å²) in [5, 5.41) is 9.80. The lowest BCUT2D eigenvalue weighted by molar-refractivity contribution is 0.147. The lowest BCUT2D eigenvalue weighted by atomic mass is 10.2. The molecule has 3 aromatic rings. The van der Waals surface area contributed by atoms with E-state index in [-0.39, 0.29) is 19.0 Å². The molecule has 1 N–H and O–H groups in total. The van der Waals surface area contributed by atoms with Crippen LogP contribution in [0.2, 0.25) is 0 Å². The number of nitrogens with zero attached hydrogens (tertiary/aromatic N) is 2. The van der Waals surface area contributed by atoms with Crippen molar-refractivity contribution in [1.82, 2.24) is 9.47 Å². The van der Waals surface area contributed by atoms with E-state index >= 15 is 0 Å². The lowest BCUT2D eigenvalue weighted by Gasteiger charge is -2.14. The van der Waals surface area contributed by atoms with Crippen molar-refractivity contribution in [2.24, 2.45) is 0 Å². The minimum atomic E-state index is -0.983. The van der Waals surface area contributed by atoms with E-state index in [0.29, 0.717) is 12.3 Å². The Balaban J connectivity index is 1.76. The van der Waals surface area contributed by atoms with Gasteiger partial charge in [-0.15, -0.1) is 0 Å². The Morgan fingerprint density at radius 1 is 1.24 bits per heavy atom. The van der Waals surface area contributed by atoms with Gasteiger partial charge in [-0.3, -0.25) is 0 Å². The highest BCUT2D eigenvalue weighted by atomic mass is 19.1. The number of aromatic nitrogens is 1. The zero-order chi connectivity index (χ0) is 17.8. The molecule has 1 heterocycles. The topological polar surface area (TPSA) is 54.7 Å². The zero-order valence-electron chi connectivity index (χ0n) is 13.9. The number of likely N-dealkylation sites (N-methyl/N-ethyl adjacent to an activating group) is 1. The largest absolute Gasteiger partial charge is 0.491 e. The fourth-order valence-electron chi connectivity index (χ4n) is 2.68. The smallest absolute Gasteiger partial charge is 0.407 e. The maximum atomic E-state index is 13.4. The van der Waals surface area contributed by atoms with Crippen molar-refractivity contribution in [3.8, 4) is 5.75 Å². The maximum absolute atomic E-state index is 13.4. The summed E-state index contributed by atoms with van der Waals surface area (Å²) >= 11 is 0. The average molecular weight is 342 g/mol. The van der Waals surface area contributed by atoms with Gasteiger partial charge in [-0.1, -0.05) is 18.2 Å². The minimum absolute atomic E-state index is 0.250. The molecule has 0 fully saturated rings. The Labute approximate surface area is 144 Å². The van der Waals surface area contributed by atoms with Gasteiger partial charge < -0.3 is 19.3 Å². The number of benzene rings is 2. The summed E-state index contributed by atoms with van der Waals surface area (Å²) in [6.07, 6.45) is 0.953. The molecule has 6 heteroatoms. The average Bonchev–Trinajstić information content (AvgIpc) is 2.98. The summed E-state index contributed by atoms with van der Waals surface area (Å²) in [5.41, 5.74) is 1.86. The molecular formula is C19H19FN2O3. The van der Waals surface area contributed by atoms with Gasteiger partial charge in [-0.05, 0) is 35.9 Å². The molecule has 25 heavy (non-hydrogen) atoms. The first-order valence-electron chi connectivity index (χ1n) is 7.94. The molecular weight excluding hydrogens is 323 g/mol. The first-order chi connectivity index (χ1) is 12.0. The number of carboxylic acid groups (broad SMARTS) is 1. The third-order valence-corrected chi connectivity index (χ3v) is 4.03. The van der Waals surface area contributed by atoms with Gasteiger partial charge in [-0.2, -0.15) is 0 Å². The second kappa shape index (κ2) is 7.25. The molecule has 0 saturated heterocycles. The van der Waals surface area contributed by atoms with Gasteiger partial charge >= 0.3 is 6.09 Å². The van der Waals surface area contributed by atoms with Crippen molar-refractivity contribution >= 4 is 17.0 Å². The molecule has 0 spiro atoms. The summed E-state index contributed by atoms with van der Waals surface area (Å²) in [5.74, 6) is 0.454. The first kappa shape index (κ1) is 16.8. The molecule has 0 atom stereocenters. The van der Waals surface area contributed by atoms with E-state index < -0.39 is 6.09 Å². The van der Waals surface area contributed by atoms with Crippen molar-refractivity contribution in [3.05, 3.63) is 66.1 Å². The van der Waals surface area contributed by atoms with Gasteiger partial charge in [0.15, 0.2) is 0 Å². The summed E-state index contributed by atoms with van der Waals surface area (Å²) in [7, 11) is 1.50. The van der Waals surface area contributed by atoms with Crippen molar-refractivity contribution in [2.45, 2.75) is 6.54 Å². The third kappa shape index (κ3) is 3.91. The van der Waals surface area contributed by atoms with Gasteiger partial charge in [0.2, 0.25) is 0 Å². The molecule has 2 aromatic carbocycles. The van der Waals surface area contributed by atoms with E-state index in [1.165, 1.54) is 24.1 Å². The van der Waals surface area contributed by atoms with Crippen LogP contribution >= 0.6 is 0 Å². The van der Waals surface area contributed by atoms with Gasteiger partial charge in [0.05, 0.1) is 12.1 Å². The van der Waals surface area contributed by atoms with Gasteiger partial charge in [0, 0.05) is 25.2 Å². The number of rotatable bonds is 6. The Morgan fingerprint density at radius 2 is 2.04 bits per heavy atom. The van der Waals surface area contributed by atoms with Crippen LogP contribution in [-0.2, 0) is 6.54 Å². The fraction of sp³-hybridized carbons (Fsp3) is 0.211. The van der Waals surface area contributed by atoms with Crippen LogP contribution in [-0.4, -0.2) is 40.9 Å². The van der Waals surface area contributed by atoms with E-state index in [9.17, 15) is 9.18 Å². The molecule has 1 aromatic heterocycles. The molecule has 1 amide bonds. The number of fused-ring (bicyclic) bond motifs is 1. The second-order valence-corrected chi connectivity index (χ2v) is 5.82. The fourth-order valence-corrected chi connectivity index (χ4v) is 2.68. The second-order valence-electron chi connectivity index (χ2n) is 5.82. The van der Waals surface area contributed by atoms with Crippen molar-refractivity contribution in [3.63, 3.8) is 0 Å². The molecule has 0 saturated carbocycles. The predicted octanol–water partition coefficient (Wildman–Crippen LogP) is 3.82. The molecule has 0 aliphatic rings. The lowest BCUT2D eigenvalue weighted by Crippen LogP contribution is -2.29. The van der Waals surface area contributed by atoms with Crippen LogP contribution < -0.4 is 4.74 Å². The molecule has 0 unspecified atom stereocenters. The number of hydrogen-bond acceptors (Lipinski definition) is 2. The van der Waals surface area contributed by atoms with E-state index in [1.54, 1.807) is 6.07 Å². The van der Waals surface area contributed by atoms with Crippen LogP contribution in [0.3, 0.4) is 0 Å². The monoisotopic (exact) mass is 342 g/mol. The number of carbonyl (C=O) groups is 1. The number of ether oxygens (including phenoxy) is 1. The molecule has 0 aliphatic carbocycles. The zero-order valence-corrected chi connectivity index (χ0v) is 13.9. The molecule has 0 radical (unpaired) electrons. The first-order valence-corrected chi connectivity index (χ1v) is 7.94. The molecule has 5 nitrogen and oxygen atoms in total. The number of amides is 1. The minimum Gasteiger partial charge on any atom is -0.491 e. The Kier molecular flexibility index (Phi) is 4.88. The summed E-state index contributed by atoms with van der Waals surface area (Å²) in [4.78, 5) is 12.0. The maximum Gasteiger partial charge on any atom is 0.407 e. The highest BCUT2D eigenvalue weighted by Crippen LogP contribution is 2.27. The summed E-state index contributed by atoms with van der Waals surface area (Å²) in [6.45, 7) is 1.12. The van der Waals surface area contributed by atoms with E-state index in [1.807, 2.05) is 41.1 Å². The normalized spacial score (nSPS) is 10.8. The van der Waals surface area contributed by atoms with Crippen LogP contribution in [0.1, 0.15) is 5.56 Å². The van der Waals surface area contributed by atoms with Gasteiger partial charge in [-0.25, -0.2) is 9.18 Å². The number of hydrogen-bond donors (Lipinski definition) is 1. The molecule has 0 aliphatic heterocycles. The SMILES string of the molecule is CN(CCOc1cccc2c1ccn2Cc1cccc(F)c1)C(=O)O.